The van der Waals surface area contributed by atoms with Gasteiger partial charge in [-0.15, -0.1) is 0 Å². The SMILES string of the molecule is CCC[C@@H](OC)c1oc2ccccc2c1C(=O)c1cc(I)c(OCCN(CC)CC)c(I)c1. The summed E-state index contributed by atoms with van der Waals surface area (Å²) in [7, 11) is 1.66. The lowest BCUT2D eigenvalue weighted by atomic mass is 9.97. The van der Waals surface area contributed by atoms with Gasteiger partial charge >= 0.3 is 0 Å². The van der Waals surface area contributed by atoms with Gasteiger partial charge in [-0.25, -0.2) is 0 Å². The van der Waals surface area contributed by atoms with E-state index in [9.17, 15) is 4.79 Å². The minimum Gasteiger partial charge on any atom is -0.490 e. The highest BCUT2D eigenvalue weighted by Crippen LogP contribution is 2.37. The van der Waals surface area contributed by atoms with Gasteiger partial charge in [0.2, 0.25) is 0 Å². The molecule has 0 saturated heterocycles. The van der Waals surface area contributed by atoms with E-state index in [1.807, 2.05) is 36.4 Å². The summed E-state index contributed by atoms with van der Waals surface area (Å²) in [4.78, 5) is 16.1. The van der Waals surface area contributed by atoms with Gasteiger partial charge in [0.1, 0.15) is 29.8 Å². The number of carbonyl (C=O) groups is 1. The Morgan fingerprint density at radius 2 is 1.76 bits per heavy atom. The zero-order valence-electron chi connectivity index (χ0n) is 19.6. The van der Waals surface area contributed by atoms with Crippen molar-refractivity contribution in [1.82, 2.24) is 4.90 Å². The first kappa shape index (κ1) is 26.4. The van der Waals surface area contributed by atoms with Crippen LogP contribution >= 0.6 is 45.2 Å². The first-order chi connectivity index (χ1) is 15.9. The summed E-state index contributed by atoms with van der Waals surface area (Å²) >= 11 is 4.51. The van der Waals surface area contributed by atoms with Crippen LogP contribution in [0.25, 0.3) is 11.0 Å². The highest BCUT2D eigenvalue weighted by Gasteiger charge is 2.28. The molecule has 0 aliphatic carbocycles. The van der Waals surface area contributed by atoms with E-state index in [4.69, 9.17) is 13.9 Å². The zero-order chi connectivity index (χ0) is 24.0. The van der Waals surface area contributed by atoms with Gasteiger partial charge in [0.15, 0.2) is 5.78 Å². The Morgan fingerprint density at radius 3 is 2.36 bits per heavy atom. The highest BCUT2D eigenvalue weighted by molar-refractivity contribution is 14.1. The van der Waals surface area contributed by atoms with Gasteiger partial charge in [-0.1, -0.05) is 45.4 Å². The molecule has 1 atom stereocenters. The lowest BCUT2D eigenvalue weighted by Crippen LogP contribution is -2.28. The van der Waals surface area contributed by atoms with Crippen LogP contribution in [0.2, 0.25) is 0 Å². The number of hydrogen-bond acceptors (Lipinski definition) is 5. The molecule has 0 radical (unpaired) electrons. The Kier molecular flexibility index (Phi) is 10.0. The molecule has 0 bridgehead atoms. The number of likely N-dealkylation sites (N-methyl/N-ethyl adjacent to an activating group) is 1. The Hall–Kier alpha value is -1.17. The van der Waals surface area contributed by atoms with E-state index in [0.29, 0.717) is 29.1 Å². The van der Waals surface area contributed by atoms with Crippen LogP contribution in [-0.4, -0.2) is 44.0 Å². The summed E-state index contributed by atoms with van der Waals surface area (Å²) in [6, 6.07) is 11.5. The normalized spacial score (nSPS) is 12.5. The molecule has 1 heterocycles. The minimum absolute atomic E-state index is 0.0568. The molecule has 5 nitrogen and oxygen atoms in total. The van der Waals surface area contributed by atoms with Gasteiger partial charge in [-0.2, -0.15) is 0 Å². The molecule has 0 spiro atoms. The van der Waals surface area contributed by atoms with Crippen molar-refractivity contribution in [3.8, 4) is 5.75 Å². The quantitative estimate of drug-likeness (QED) is 0.152. The third-order valence-corrected chi connectivity index (χ3v) is 7.39. The molecule has 0 aliphatic heterocycles. The van der Waals surface area contributed by atoms with Gasteiger partial charge < -0.3 is 18.8 Å². The van der Waals surface area contributed by atoms with Crippen molar-refractivity contribution >= 4 is 61.9 Å². The Balaban J connectivity index is 1.95. The Morgan fingerprint density at radius 1 is 1.09 bits per heavy atom. The summed E-state index contributed by atoms with van der Waals surface area (Å²) in [6.07, 6.45) is 1.45. The average molecular weight is 675 g/mol. The van der Waals surface area contributed by atoms with Gasteiger partial charge in [0.25, 0.3) is 0 Å². The summed E-state index contributed by atoms with van der Waals surface area (Å²) in [5.74, 6) is 1.38. The van der Waals surface area contributed by atoms with E-state index < -0.39 is 0 Å². The number of hydrogen-bond donors (Lipinski definition) is 0. The van der Waals surface area contributed by atoms with E-state index in [1.165, 1.54) is 0 Å². The van der Waals surface area contributed by atoms with Crippen LogP contribution in [0, 0.1) is 7.14 Å². The number of ether oxygens (including phenoxy) is 2. The molecule has 178 valence electrons. The maximum absolute atomic E-state index is 13.8. The summed E-state index contributed by atoms with van der Waals surface area (Å²) in [5.41, 5.74) is 1.92. The summed E-state index contributed by atoms with van der Waals surface area (Å²) in [6.45, 7) is 9.90. The molecule has 0 aliphatic rings. The number of carbonyl (C=O) groups excluding carboxylic acids is 1. The number of methoxy groups -OCH3 is 1. The third-order valence-electron chi connectivity index (χ3n) is 5.79. The number of fused-ring (bicyclic) bond motifs is 1. The fourth-order valence-electron chi connectivity index (χ4n) is 3.93. The monoisotopic (exact) mass is 675 g/mol. The van der Waals surface area contributed by atoms with Crippen LogP contribution in [0.3, 0.4) is 0 Å². The van der Waals surface area contributed by atoms with Crippen molar-refractivity contribution in [2.24, 2.45) is 0 Å². The number of halogens is 2. The van der Waals surface area contributed by atoms with Crippen molar-refractivity contribution in [2.75, 3.05) is 33.4 Å². The van der Waals surface area contributed by atoms with Crippen molar-refractivity contribution in [3.63, 3.8) is 0 Å². The fraction of sp³-hybridized carbons (Fsp3) is 0.423. The molecule has 33 heavy (non-hydrogen) atoms. The van der Waals surface area contributed by atoms with Gasteiger partial charge in [-0.3, -0.25) is 4.79 Å². The second-order valence-electron chi connectivity index (χ2n) is 7.82. The average Bonchev–Trinajstić information content (AvgIpc) is 3.20. The maximum atomic E-state index is 13.8. The standard InChI is InChI=1S/C26H31I2NO4/c1-5-10-22(31-4)26-23(18-11-8-9-12-21(18)33-26)24(30)17-15-19(27)25(20(28)16-17)32-14-13-29(6-2)7-3/h8-9,11-12,15-16,22H,5-7,10,13-14H2,1-4H3/t22-/m1/s1. The molecule has 0 fully saturated rings. The molecular weight excluding hydrogens is 644 g/mol. The topological polar surface area (TPSA) is 51.9 Å². The molecule has 3 aromatic rings. The van der Waals surface area contributed by atoms with Crippen molar-refractivity contribution in [1.29, 1.82) is 0 Å². The summed E-state index contributed by atoms with van der Waals surface area (Å²) < 4.78 is 19.8. The van der Waals surface area contributed by atoms with E-state index in [-0.39, 0.29) is 11.9 Å². The lowest BCUT2D eigenvalue weighted by Gasteiger charge is -2.19. The van der Waals surface area contributed by atoms with Crippen LogP contribution in [0.15, 0.2) is 40.8 Å². The molecule has 0 saturated carbocycles. The minimum atomic E-state index is -0.262. The second kappa shape index (κ2) is 12.5. The molecule has 7 heteroatoms. The molecule has 0 N–H and O–H groups in total. The van der Waals surface area contributed by atoms with Crippen molar-refractivity contribution in [2.45, 2.75) is 39.7 Å². The lowest BCUT2D eigenvalue weighted by molar-refractivity contribution is 0.0753. The largest absolute Gasteiger partial charge is 0.490 e. The molecular formula is C26H31I2NO4. The van der Waals surface area contributed by atoms with E-state index in [1.54, 1.807) is 7.11 Å². The predicted octanol–water partition coefficient (Wildman–Crippen LogP) is 7.08. The molecule has 0 amide bonds. The summed E-state index contributed by atoms with van der Waals surface area (Å²) in [5, 5.41) is 0.820. The number of para-hydroxylation sites is 1. The smallest absolute Gasteiger partial charge is 0.197 e. The van der Waals surface area contributed by atoms with Crippen molar-refractivity contribution in [3.05, 3.63) is 60.4 Å². The van der Waals surface area contributed by atoms with Crippen LogP contribution in [-0.2, 0) is 4.74 Å². The first-order valence-electron chi connectivity index (χ1n) is 11.4. The predicted molar refractivity (Wildman–Crippen MR) is 149 cm³/mol. The zero-order valence-corrected chi connectivity index (χ0v) is 23.9. The number of nitrogens with zero attached hydrogens (tertiary/aromatic N) is 1. The van der Waals surface area contributed by atoms with Gasteiger partial charge in [0.05, 0.1) is 12.7 Å². The first-order valence-corrected chi connectivity index (χ1v) is 13.5. The highest BCUT2D eigenvalue weighted by atomic mass is 127. The van der Waals surface area contributed by atoms with Gasteiger partial charge in [-0.05, 0) is 82.9 Å². The van der Waals surface area contributed by atoms with Crippen LogP contribution < -0.4 is 4.74 Å². The molecule has 1 aromatic heterocycles. The van der Waals surface area contributed by atoms with Crippen LogP contribution in [0.4, 0.5) is 0 Å². The van der Waals surface area contributed by atoms with Crippen LogP contribution in [0.5, 0.6) is 5.75 Å². The van der Waals surface area contributed by atoms with E-state index in [0.717, 1.165) is 50.8 Å². The number of furan rings is 1. The van der Waals surface area contributed by atoms with E-state index in [2.05, 4.69) is 70.9 Å². The third kappa shape index (κ3) is 6.10. The number of ketones is 1. The number of benzene rings is 2. The molecule has 2 aromatic carbocycles. The Labute approximate surface area is 223 Å². The molecule has 3 rings (SSSR count). The molecule has 0 unspecified atom stereocenters. The fourth-order valence-corrected chi connectivity index (χ4v) is 6.01. The van der Waals surface area contributed by atoms with Crippen molar-refractivity contribution < 1.29 is 18.7 Å². The number of rotatable bonds is 12. The van der Waals surface area contributed by atoms with Crippen LogP contribution in [0.1, 0.15) is 61.4 Å². The van der Waals surface area contributed by atoms with Gasteiger partial charge in [0, 0.05) is 24.6 Å². The van der Waals surface area contributed by atoms with E-state index >= 15 is 0 Å². The maximum Gasteiger partial charge on any atom is 0.197 e. The second-order valence-corrected chi connectivity index (χ2v) is 10.1. The Bertz CT molecular complexity index is 1070.